The molecule has 130 valence electrons. The molecule has 1 saturated heterocycles. The Balaban J connectivity index is 1.70. The van der Waals surface area contributed by atoms with E-state index < -0.39 is 0 Å². The second kappa shape index (κ2) is 7.92. The number of rotatable bonds is 6. The maximum absolute atomic E-state index is 12.9. The number of hydrogen-bond acceptors (Lipinski definition) is 5. The fraction of sp³-hybridized carbons (Fsp3) is 0.611. The second-order valence-electron chi connectivity index (χ2n) is 6.38. The standard InChI is InChI=1S/C18H26N4OS/c1-3-5-11-21(4-2)17(23)14-8-7-12-22(13-14)18-20-15-9-6-10-19-16(15)24-18/h6,9-10,14H,3-5,7-8,11-13H2,1-2H3/t14-/m0/s1. The molecule has 0 bridgehead atoms. The van der Waals surface area contributed by atoms with E-state index in [4.69, 9.17) is 4.98 Å². The third-order valence-corrected chi connectivity index (χ3v) is 5.71. The lowest BCUT2D eigenvalue weighted by Crippen LogP contribution is -2.45. The molecule has 3 heterocycles. The number of carbonyl (C=O) groups excluding carboxylic acids is 1. The summed E-state index contributed by atoms with van der Waals surface area (Å²) in [7, 11) is 0. The molecule has 0 aromatic carbocycles. The highest BCUT2D eigenvalue weighted by Crippen LogP contribution is 2.30. The van der Waals surface area contributed by atoms with Crippen LogP contribution in [0.5, 0.6) is 0 Å². The highest BCUT2D eigenvalue weighted by molar-refractivity contribution is 7.21. The molecular formula is C18H26N4OS. The van der Waals surface area contributed by atoms with Gasteiger partial charge in [-0.1, -0.05) is 24.7 Å². The number of anilines is 1. The number of piperidine rings is 1. The van der Waals surface area contributed by atoms with E-state index >= 15 is 0 Å². The first-order valence-corrected chi connectivity index (χ1v) is 9.79. The van der Waals surface area contributed by atoms with Crippen LogP contribution in [0.3, 0.4) is 0 Å². The average Bonchev–Trinajstić information content (AvgIpc) is 3.06. The van der Waals surface area contributed by atoms with E-state index in [9.17, 15) is 4.79 Å². The van der Waals surface area contributed by atoms with Gasteiger partial charge in [0.2, 0.25) is 5.91 Å². The van der Waals surface area contributed by atoms with E-state index in [1.54, 1.807) is 17.5 Å². The Bertz CT molecular complexity index is 653. The van der Waals surface area contributed by atoms with Crippen LogP contribution in [-0.4, -0.2) is 47.0 Å². The van der Waals surface area contributed by atoms with Crippen LogP contribution in [0.25, 0.3) is 10.3 Å². The van der Waals surface area contributed by atoms with Gasteiger partial charge in [0.05, 0.1) is 5.92 Å². The minimum absolute atomic E-state index is 0.0931. The first kappa shape index (κ1) is 17.1. The molecule has 1 aliphatic rings. The highest BCUT2D eigenvalue weighted by atomic mass is 32.1. The van der Waals surface area contributed by atoms with E-state index in [0.717, 1.165) is 67.3 Å². The Labute approximate surface area is 147 Å². The largest absolute Gasteiger partial charge is 0.347 e. The minimum atomic E-state index is 0.0931. The monoisotopic (exact) mass is 346 g/mol. The van der Waals surface area contributed by atoms with Crippen LogP contribution in [0.1, 0.15) is 39.5 Å². The Hall–Kier alpha value is -1.69. The molecular weight excluding hydrogens is 320 g/mol. The van der Waals surface area contributed by atoms with Crippen LogP contribution in [-0.2, 0) is 4.79 Å². The average molecular weight is 347 g/mol. The summed E-state index contributed by atoms with van der Waals surface area (Å²) in [5.41, 5.74) is 0.948. The first-order valence-electron chi connectivity index (χ1n) is 8.98. The summed E-state index contributed by atoms with van der Waals surface area (Å²) in [4.78, 5) is 27.2. The third-order valence-electron chi connectivity index (χ3n) is 4.67. The molecule has 1 amide bonds. The Kier molecular flexibility index (Phi) is 5.66. The summed E-state index contributed by atoms with van der Waals surface area (Å²) in [6.45, 7) is 7.69. The van der Waals surface area contributed by atoms with E-state index in [2.05, 4.69) is 23.7 Å². The van der Waals surface area contributed by atoms with Gasteiger partial charge in [-0.05, 0) is 38.3 Å². The predicted octanol–water partition coefficient (Wildman–Crippen LogP) is 3.56. The van der Waals surface area contributed by atoms with Crippen LogP contribution in [0, 0.1) is 5.92 Å². The molecule has 1 fully saturated rings. The van der Waals surface area contributed by atoms with Crippen LogP contribution >= 0.6 is 11.3 Å². The fourth-order valence-corrected chi connectivity index (χ4v) is 4.22. The van der Waals surface area contributed by atoms with E-state index in [-0.39, 0.29) is 5.92 Å². The molecule has 0 aliphatic carbocycles. The summed E-state index contributed by atoms with van der Waals surface area (Å²) in [6, 6.07) is 3.92. The summed E-state index contributed by atoms with van der Waals surface area (Å²) in [6.07, 6.45) is 6.05. The maximum Gasteiger partial charge on any atom is 0.227 e. The van der Waals surface area contributed by atoms with E-state index in [0.29, 0.717) is 5.91 Å². The molecule has 0 radical (unpaired) electrons. The van der Waals surface area contributed by atoms with Crippen molar-refractivity contribution in [3.05, 3.63) is 18.3 Å². The van der Waals surface area contributed by atoms with Gasteiger partial charge in [-0.2, -0.15) is 0 Å². The number of unbranched alkanes of at least 4 members (excludes halogenated alkanes) is 1. The molecule has 1 atom stereocenters. The number of thiazole rings is 1. The number of fused-ring (bicyclic) bond motifs is 1. The SMILES string of the molecule is CCCCN(CC)C(=O)[C@H]1CCCN(c2nc3cccnc3s2)C1. The second-order valence-corrected chi connectivity index (χ2v) is 7.34. The number of carbonyl (C=O) groups is 1. The van der Waals surface area contributed by atoms with Crippen LogP contribution in [0.4, 0.5) is 5.13 Å². The van der Waals surface area contributed by atoms with Gasteiger partial charge in [-0.25, -0.2) is 9.97 Å². The number of hydrogen-bond donors (Lipinski definition) is 0. The lowest BCUT2D eigenvalue weighted by atomic mass is 9.96. The van der Waals surface area contributed by atoms with Crippen molar-refractivity contribution in [3.63, 3.8) is 0 Å². The zero-order valence-corrected chi connectivity index (χ0v) is 15.4. The molecule has 0 N–H and O–H groups in total. The van der Waals surface area contributed by atoms with Gasteiger partial charge in [0.15, 0.2) is 5.13 Å². The number of amides is 1. The van der Waals surface area contributed by atoms with Crippen molar-refractivity contribution in [2.24, 2.45) is 5.92 Å². The third kappa shape index (κ3) is 3.69. The lowest BCUT2D eigenvalue weighted by molar-refractivity contribution is -0.135. The van der Waals surface area contributed by atoms with Gasteiger partial charge in [0, 0.05) is 32.4 Å². The quantitative estimate of drug-likeness (QED) is 0.802. The molecule has 2 aromatic heterocycles. The van der Waals surface area contributed by atoms with Crippen molar-refractivity contribution in [1.29, 1.82) is 0 Å². The molecule has 1 aliphatic heterocycles. The Morgan fingerprint density at radius 3 is 3.08 bits per heavy atom. The van der Waals surface area contributed by atoms with Crippen LogP contribution in [0.15, 0.2) is 18.3 Å². The summed E-state index contributed by atoms with van der Waals surface area (Å²) >= 11 is 1.62. The van der Waals surface area contributed by atoms with Gasteiger partial charge in [0.1, 0.15) is 10.3 Å². The molecule has 2 aromatic rings. The van der Waals surface area contributed by atoms with E-state index in [1.165, 1.54) is 0 Å². The minimum Gasteiger partial charge on any atom is -0.347 e. The first-order chi connectivity index (χ1) is 11.7. The van der Waals surface area contributed by atoms with Crippen molar-refractivity contribution < 1.29 is 4.79 Å². The molecule has 3 rings (SSSR count). The van der Waals surface area contributed by atoms with Crippen LogP contribution in [0.2, 0.25) is 0 Å². The lowest BCUT2D eigenvalue weighted by Gasteiger charge is -2.34. The highest BCUT2D eigenvalue weighted by Gasteiger charge is 2.29. The van der Waals surface area contributed by atoms with Crippen molar-refractivity contribution in [2.75, 3.05) is 31.1 Å². The van der Waals surface area contributed by atoms with Gasteiger partial charge in [-0.15, -0.1) is 0 Å². The molecule has 24 heavy (non-hydrogen) atoms. The molecule has 0 saturated carbocycles. The summed E-state index contributed by atoms with van der Waals surface area (Å²) < 4.78 is 0. The number of aromatic nitrogens is 2. The smallest absolute Gasteiger partial charge is 0.227 e. The van der Waals surface area contributed by atoms with Crippen molar-refractivity contribution in [1.82, 2.24) is 14.9 Å². The summed E-state index contributed by atoms with van der Waals surface area (Å²) in [5.74, 6) is 0.408. The van der Waals surface area contributed by atoms with Gasteiger partial charge in [-0.3, -0.25) is 4.79 Å². The zero-order chi connectivity index (χ0) is 16.9. The normalized spacial score (nSPS) is 18.1. The molecule has 6 heteroatoms. The Morgan fingerprint density at radius 2 is 2.33 bits per heavy atom. The van der Waals surface area contributed by atoms with Crippen molar-refractivity contribution >= 4 is 32.7 Å². The molecule has 0 unspecified atom stereocenters. The van der Waals surface area contributed by atoms with Crippen molar-refractivity contribution in [3.8, 4) is 0 Å². The summed E-state index contributed by atoms with van der Waals surface area (Å²) in [5, 5.41) is 0.998. The van der Waals surface area contributed by atoms with Gasteiger partial charge >= 0.3 is 0 Å². The van der Waals surface area contributed by atoms with Gasteiger partial charge < -0.3 is 9.80 Å². The Morgan fingerprint density at radius 1 is 1.46 bits per heavy atom. The maximum atomic E-state index is 12.9. The zero-order valence-electron chi connectivity index (χ0n) is 14.6. The topological polar surface area (TPSA) is 49.3 Å². The fourth-order valence-electron chi connectivity index (χ4n) is 3.28. The molecule has 0 spiro atoms. The van der Waals surface area contributed by atoms with Crippen LogP contribution < -0.4 is 4.90 Å². The number of nitrogens with zero attached hydrogens (tertiary/aromatic N) is 4. The van der Waals surface area contributed by atoms with Crippen molar-refractivity contribution in [2.45, 2.75) is 39.5 Å². The van der Waals surface area contributed by atoms with E-state index in [1.807, 2.05) is 17.0 Å². The molecule has 5 nitrogen and oxygen atoms in total. The number of pyridine rings is 1. The predicted molar refractivity (Wildman–Crippen MR) is 99.5 cm³/mol. The van der Waals surface area contributed by atoms with Gasteiger partial charge in [0.25, 0.3) is 0 Å².